The van der Waals surface area contributed by atoms with Gasteiger partial charge >= 0.3 is 0 Å². The van der Waals surface area contributed by atoms with Gasteiger partial charge in [-0.1, -0.05) is 13.8 Å². The molecular weight excluding hydrogens is 212 g/mol. The smallest absolute Gasteiger partial charge is 0.122 e. The number of hydrogen-bond acceptors (Lipinski definition) is 6. The van der Waals surface area contributed by atoms with Crippen molar-refractivity contribution >= 4 is 0 Å². The molecule has 6 nitrogen and oxygen atoms in total. The Hall–Kier alpha value is -0.240. The molecule has 0 aliphatic heterocycles. The fourth-order valence-corrected chi connectivity index (χ4v) is 1.52. The van der Waals surface area contributed by atoms with Crippen molar-refractivity contribution in [2.75, 3.05) is 26.3 Å². The van der Waals surface area contributed by atoms with Crippen molar-refractivity contribution in [1.82, 2.24) is 10.0 Å². The molecule has 0 aromatic rings. The molecule has 16 heavy (non-hydrogen) atoms. The Morgan fingerprint density at radius 3 is 1.50 bits per heavy atom. The van der Waals surface area contributed by atoms with Crippen LogP contribution in [0.25, 0.3) is 0 Å². The number of aliphatic hydroxyl groups is 4. The molecule has 0 saturated heterocycles. The minimum atomic E-state index is -0.812. The molecule has 0 heterocycles. The monoisotopic (exact) mass is 236 g/mol. The third-order valence-corrected chi connectivity index (χ3v) is 2.38. The van der Waals surface area contributed by atoms with Crippen molar-refractivity contribution in [2.45, 2.75) is 39.1 Å². The summed E-state index contributed by atoms with van der Waals surface area (Å²) < 4.78 is 0. The number of nitrogens with zero attached hydrogens (tertiary/aromatic N) is 2. The van der Waals surface area contributed by atoms with Gasteiger partial charge in [-0.3, -0.25) is 0 Å². The molecule has 0 aliphatic carbocycles. The van der Waals surface area contributed by atoms with Crippen LogP contribution in [-0.4, -0.2) is 69.2 Å². The summed E-state index contributed by atoms with van der Waals surface area (Å²) in [6.45, 7) is 3.96. The van der Waals surface area contributed by atoms with Gasteiger partial charge in [0.1, 0.15) is 12.5 Å². The Balaban J connectivity index is 4.65. The van der Waals surface area contributed by atoms with Crippen LogP contribution in [0.3, 0.4) is 0 Å². The topological polar surface area (TPSA) is 87.4 Å². The van der Waals surface area contributed by atoms with Crippen molar-refractivity contribution in [2.24, 2.45) is 0 Å². The second-order valence-electron chi connectivity index (χ2n) is 3.56. The molecule has 0 saturated carbocycles. The first-order chi connectivity index (χ1) is 7.62. The summed E-state index contributed by atoms with van der Waals surface area (Å²) in [6, 6.07) is 0. The van der Waals surface area contributed by atoms with Gasteiger partial charge in [-0.15, -0.1) is 0 Å². The molecule has 98 valence electrons. The van der Waals surface area contributed by atoms with Gasteiger partial charge in [0, 0.05) is 13.1 Å². The molecule has 0 aliphatic rings. The minimum Gasteiger partial charge on any atom is -0.395 e. The predicted molar refractivity (Wildman–Crippen MR) is 60.2 cm³/mol. The highest BCUT2D eigenvalue weighted by Crippen LogP contribution is 2.12. The maximum atomic E-state index is 9.80. The first-order valence-corrected chi connectivity index (χ1v) is 5.73. The first kappa shape index (κ1) is 15.8. The highest BCUT2D eigenvalue weighted by molar-refractivity contribution is 4.64. The van der Waals surface area contributed by atoms with Gasteiger partial charge in [-0.25, -0.2) is 5.01 Å². The molecule has 0 rings (SSSR count). The van der Waals surface area contributed by atoms with E-state index in [2.05, 4.69) is 0 Å². The van der Waals surface area contributed by atoms with Crippen LogP contribution < -0.4 is 0 Å². The molecule has 0 amide bonds. The molecule has 0 fully saturated rings. The molecule has 0 aromatic carbocycles. The van der Waals surface area contributed by atoms with E-state index in [0.29, 0.717) is 12.8 Å². The van der Waals surface area contributed by atoms with Crippen LogP contribution in [0.5, 0.6) is 0 Å². The summed E-state index contributed by atoms with van der Waals surface area (Å²) in [5, 5.41) is 40.4. The van der Waals surface area contributed by atoms with Crippen LogP contribution in [0.2, 0.25) is 0 Å². The van der Waals surface area contributed by atoms with Crippen LogP contribution >= 0.6 is 0 Å². The number of hydrogen-bond donors (Lipinski definition) is 4. The maximum Gasteiger partial charge on any atom is 0.122 e. The Labute approximate surface area is 96.7 Å². The molecule has 0 radical (unpaired) electrons. The van der Waals surface area contributed by atoms with Gasteiger partial charge in [-0.05, 0) is 12.8 Å². The number of hydrazine groups is 1. The van der Waals surface area contributed by atoms with Crippen molar-refractivity contribution in [3.63, 3.8) is 0 Å². The van der Waals surface area contributed by atoms with E-state index in [1.807, 2.05) is 0 Å². The van der Waals surface area contributed by atoms with E-state index in [1.54, 1.807) is 18.9 Å². The minimum absolute atomic E-state index is 0.0939. The van der Waals surface area contributed by atoms with E-state index >= 15 is 0 Å². The second-order valence-corrected chi connectivity index (χ2v) is 3.56. The lowest BCUT2D eigenvalue weighted by atomic mass is 10.3. The normalized spacial score (nSPS) is 15.8. The van der Waals surface area contributed by atoms with Crippen LogP contribution in [0.1, 0.15) is 26.7 Å². The van der Waals surface area contributed by atoms with Crippen molar-refractivity contribution in [1.29, 1.82) is 0 Å². The molecule has 2 unspecified atom stereocenters. The lowest BCUT2D eigenvalue weighted by Crippen LogP contribution is -2.55. The molecule has 4 N–H and O–H groups in total. The number of aliphatic hydroxyl groups excluding tert-OH is 4. The molecular formula is C10H24N2O4. The van der Waals surface area contributed by atoms with E-state index in [9.17, 15) is 10.2 Å². The predicted octanol–water partition coefficient (Wildman–Crippen LogP) is -1.05. The standard InChI is InChI=1S/C10H24N2O4/c1-3-9(15)12(10(16)4-2)11(5-7-13)6-8-14/h9-10,13-16H,3-8H2,1-2H3. The van der Waals surface area contributed by atoms with Crippen LogP contribution in [0.4, 0.5) is 0 Å². The second kappa shape index (κ2) is 8.86. The van der Waals surface area contributed by atoms with Gasteiger partial charge in [0.15, 0.2) is 0 Å². The third kappa shape index (κ3) is 4.73. The Morgan fingerprint density at radius 1 is 0.875 bits per heavy atom. The zero-order valence-electron chi connectivity index (χ0n) is 10.1. The quantitative estimate of drug-likeness (QED) is 0.302. The Bertz CT molecular complexity index is 155. The summed E-state index contributed by atoms with van der Waals surface area (Å²) in [7, 11) is 0. The van der Waals surface area contributed by atoms with Crippen molar-refractivity contribution < 1.29 is 20.4 Å². The third-order valence-electron chi connectivity index (χ3n) is 2.38. The van der Waals surface area contributed by atoms with Gasteiger partial charge in [-0.2, -0.15) is 5.01 Å². The van der Waals surface area contributed by atoms with E-state index in [-0.39, 0.29) is 26.3 Å². The highest BCUT2D eigenvalue weighted by Gasteiger charge is 2.26. The summed E-state index contributed by atoms with van der Waals surface area (Å²) in [6.07, 6.45) is -0.699. The first-order valence-electron chi connectivity index (χ1n) is 5.73. The molecule has 0 bridgehead atoms. The summed E-state index contributed by atoms with van der Waals surface area (Å²) in [5.74, 6) is 0. The van der Waals surface area contributed by atoms with Crippen LogP contribution in [-0.2, 0) is 0 Å². The summed E-state index contributed by atoms with van der Waals surface area (Å²) in [4.78, 5) is 0. The van der Waals surface area contributed by atoms with Gasteiger partial charge in [0.25, 0.3) is 0 Å². The molecule has 2 atom stereocenters. The van der Waals surface area contributed by atoms with E-state index < -0.39 is 12.5 Å². The molecule has 0 spiro atoms. The fraction of sp³-hybridized carbons (Fsp3) is 1.00. The summed E-state index contributed by atoms with van der Waals surface area (Å²) >= 11 is 0. The highest BCUT2D eigenvalue weighted by atomic mass is 16.3. The van der Waals surface area contributed by atoms with Gasteiger partial charge in [0.2, 0.25) is 0 Å². The average molecular weight is 236 g/mol. The fourth-order valence-electron chi connectivity index (χ4n) is 1.52. The maximum absolute atomic E-state index is 9.80. The van der Waals surface area contributed by atoms with Crippen molar-refractivity contribution in [3.05, 3.63) is 0 Å². The summed E-state index contributed by atoms with van der Waals surface area (Å²) in [5.41, 5.74) is 0. The SMILES string of the molecule is CCC(O)N(C(O)CC)N(CCO)CCO. The lowest BCUT2D eigenvalue weighted by molar-refractivity contribution is -0.223. The zero-order chi connectivity index (χ0) is 12.6. The van der Waals surface area contributed by atoms with E-state index in [1.165, 1.54) is 5.01 Å². The number of rotatable bonds is 9. The molecule has 6 heteroatoms. The Kier molecular flexibility index (Phi) is 8.73. The largest absolute Gasteiger partial charge is 0.395 e. The van der Waals surface area contributed by atoms with E-state index in [0.717, 1.165) is 0 Å². The van der Waals surface area contributed by atoms with Crippen LogP contribution in [0, 0.1) is 0 Å². The van der Waals surface area contributed by atoms with Crippen LogP contribution in [0.15, 0.2) is 0 Å². The van der Waals surface area contributed by atoms with E-state index in [4.69, 9.17) is 10.2 Å². The van der Waals surface area contributed by atoms with Crippen molar-refractivity contribution in [3.8, 4) is 0 Å². The van der Waals surface area contributed by atoms with Gasteiger partial charge < -0.3 is 20.4 Å². The van der Waals surface area contributed by atoms with Gasteiger partial charge in [0.05, 0.1) is 13.2 Å². The molecule has 0 aromatic heterocycles. The zero-order valence-corrected chi connectivity index (χ0v) is 10.1. The average Bonchev–Trinajstić information content (AvgIpc) is 2.29. The lowest BCUT2D eigenvalue weighted by Gasteiger charge is -2.40. The Morgan fingerprint density at radius 2 is 1.25 bits per heavy atom.